The Balaban J connectivity index is 1.78. The monoisotopic (exact) mass is 1040 g/mol. The molecule has 27 nitrogen and oxygen atoms in total. The van der Waals surface area contributed by atoms with E-state index < -0.39 is 114 Å². The van der Waals surface area contributed by atoms with E-state index in [1.165, 1.54) is 0 Å². The number of carboxylic acid groups (broad SMARTS) is 1. The summed E-state index contributed by atoms with van der Waals surface area (Å²) in [6, 6.07) is 4.81. The van der Waals surface area contributed by atoms with Gasteiger partial charge in [-0.05, 0) is 62.1 Å². The maximum atomic E-state index is 14.5. The normalized spacial score (nSPS) is 21.0. The highest BCUT2D eigenvalue weighted by Crippen LogP contribution is 2.20. The SMILES string of the molecule is CC(=O)N[C@@H](CCCN=C(N)N)C(=O)N[C@H]1CC(=O)NCCCC[C@@H](C(=O)O)NC(=O)[C@H](Cc2c[nH]c3ccccc23)NC(=O)C(CCCN=C(N)N)NC(=O)[C@@H](Cc2ccccc2)NC(=O)[C@H](CC(N)=O)NC1=O. The van der Waals surface area contributed by atoms with Gasteiger partial charge in [-0.25, -0.2) is 4.79 Å². The summed E-state index contributed by atoms with van der Waals surface area (Å²) in [6.45, 7) is 1.17. The smallest absolute Gasteiger partial charge is 0.326 e. The molecule has 0 spiro atoms. The number of amides is 9. The number of nitrogens with one attached hydrogen (secondary N) is 9. The number of carboxylic acids is 1. The van der Waals surface area contributed by atoms with Crippen LogP contribution in [-0.2, 0) is 60.8 Å². The number of aromatic nitrogens is 1. The molecule has 0 aliphatic carbocycles. The molecule has 406 valence electrons. The maximum absolute atomic E-state index is 14.5. The van der Waals surface area contributed by atoms with Crippen molar-refractivity contribution in [2.75, 3.05) is 19.6 Å². The van der Waals surface area contributed by atoms with Crippen LogP contribution >= 0.6 is 0 Å². The van der Waals surface area contributed by atoms with Crippen molar-refractivity contribution in [3.8, 4) is 0 Å². The van der Waals surface area contributed by atoms with Gasteiger partial charge in [0.2, 0.25) is 53.2 Å². The van der Waals surface area contributed by atoms with Gasteiger partial charge in [0.1, 0.15) is 42.3 Å². The summed E-state index contributed by atoms with van der Waals surface area (Å²) in [5.74, 6) is -10.2. The lowest BCUT2D eigenvalue weighted by molar-refractivity contribution is -0.142. The van der Waals surface area contributed by atoms with Gasteiger partial charge in [0.25, 0.3) is 0 Å². The number of para-hydroxylation sites is 1. The summed E-state index contributed by atoms with van der Waals surface area (Å²) in [5.41, 5.74) is 29.3. The Morgan fingerprint density at radius 3 is 1.95 bits per heavy atom. The van der Waals surface area contributed by atoms with Crippen molar-refractivity contribution in [1.29, 1.82) is 0 Å². The number of carbonyl (C=O) groups is 10. The summed E-state index contributed by atoms with van der Waals surface area (Å²) in [7, 11) is 0. The first kappa shape index (κ1) is 58.8. The van der Waals surface area contributed by atoms with E-state index in [9.17, 15) is 53.1 Å². The van der Waals surface area contributed by atoms with Crippen molar-refractivity contribution in [3.05, 3.63) is 71.9 Å². The quantitative estimate of drug-likeness (QED) is 0.0329. The number of aliphatic carboxylic acids is 1. The minimum Gasteiger partial charge on any atom is -0.480 e. The van der Waals surface area contributed by atoms with Crippen LogP contribution in [0.3, 0.4) is 0 Å². The van der Waals surface area contributed by atoms with E-state index in [1.54, 1.807) is 60.8 Å². The van der Waals surface area contributed by atoms with Gasteiger partial charge in [0.15, 0.2) is 11.9 Å². The zero-order valence-electron chi connectivity index (χ0n) is 41.5. The topological polar surface area (TPSA) is 458 Å². The van der Waals surface area contributed by atoms with Gasteiger partial charge >= 0.3 is 5.97 Å². The van der Waals surface area contributed by atoms with E-state index in [2.05, 4.69) is 57.5 Å². The maximum Gasteiger partial charge on any atom is 0.326 e. The Labute approximate surface area is 431 Å². The van der Waals surface area contributed by atoms with Gasteiger partial charge in [-0.3, -0.25) is 53.1 Å². The summed E-state index contributed by atoms with van der Waals surface area (Å²) in [6.07, 6.45) is 0.0183. The van der Waals surface area contributed by atoms with Gasteiger partial charge < -0.3 is 81.3 Å². The second-order valence-electron chi connectivity index (χ2n) is 17.8. The molecule has 0 saturated carbocycles. The molecule has 1 aliphatic rings. The average Bonchev–Trinajstić information content (AvgIpc) is 3.76. The highest BCUT2D eigenvalue weighted by molar-refractivity contribution is 6.00. The van der Waals surface area contributed by atoms with Crippen LogP contribution in [0.15, 0.2) is 70.8 Å². The lowest BCUT2D eigenvalue weighted by atomic mass is 10.0. The van der Waals surface area contributed by atoms with E-state index in [4.69, 9.17) is 28.7 Å². The van der Waals surface area contributed by atoms with E-state index in [1.807, 2.05) is 0 Å². The van der Waals surface area contributed by atoms with Crippen LogP contribution in [0.25, 0.3) is 10.9 Å². The van der Waals surface area contributed by atoms with E-state index in [0.717, 1.165) is 17.8 Å². The molecular weight excluding hydrogens is 977 g/mol. The zero-order chi connectivity index (χ0) is 55.0. The van der Waals surface area contributed by atoms with E-state index >= 15 is 0 Å². The Kier molecular flexibility index (Phi) is 23.3. The van der Waals surface area contributed by atoms with Crippen LogP contribution in [0, 0.1) is 0 Å². The minimum atomic E-state index is -1.82. The third-order valence-corrected chi connectivity index (χ3v) is 11.8. The number of guanidine groups is 2. The first-order chi connectivity index (χ1) is 35.7. The van der Waals surface area contributed by atoms with E-state index in [-0.39, 0.29) is 89.3 Å². The van der Waals surface area contributed by atoms with Crippen LogP contribution in [0.1, 0.15) is 75.8 Å². The number of rotatable bonds is 18. The molecule has 3 aromatic rings. The third kappa shape index (κ3) is 20.3. The first-order valence-electron chi connectivity index (χ1n) is 24.3. The molecule has 1 unspecified atom stereocenters. The van der Waals surface area contributed by atoms with Gasteiger partial charge in [-0.1, -0.05) is 48.5 Å². The molecule has 2 heterocycles. The summed E-state index contributed by atoms with van der Waals surface area (Å²) in [5, 5.41) is 31.3. The van der Waals surface area contributed by atoms with Crippen LogP contribution in [0.4, 0.5) is 0 Å². The number of carbonyl (C=O) groups excluding carboxylic acids is 9. The number of aliphatic imine (C=N–C) groups is 2. The summed E-state index contributed by atoms with van der Waals surface area (Å²) >= 11 is 0. The van der Waals surface area contributed by atoms with Gasteiger partial charge in [-0.15, -0.1) is 0 Å². The second kappa shape index (κ2) is 29.7. The Morgan fingerprint density at radius 2 is 1.29 bits per heavy atom. The third-order valence-electron chi connectivity index (χ3n) is 11.8. The Bertz CT molecular complexity index is 2560. The number of primary amides is 1. The number of nitrogens with zero attached hydrogens (tertiary/aromatic N) is 2. The number of H-pyrrole nitrogens is 1. The predicted molar refractivity (Wildman–Crippen MR) is 274 cm³/mol. The zero-order valence-corrected chi connectivity index (χ0v) is 41.5. The Hall–Kier alpha value is -8.78. The predicted octanol–water partition coefficient (Wildman–Crippen LogP) is -3.88. The lowest BCUT2D eigenvalue weighted by Gasteiger charge is -2.27. The molecule has 0 bridgehead atoms. The molecule has 2 aromatic carbocycles. The number of benzene rings is 2. The molecule has 75 heavy (non-hydrogen) atoms. The molecule has 1 aliphatic heterocycles. The van der Waals surface area contributed by atoms with Crippen LogP contribution in [0.2, 0.25) is 0 Å². The highest BCUT2D eigenvalue weighted by atomic mass is 16.4. The summed E-state index contributed by atoms with van der Waals surface area (Å²) < 4.78 is 0. The highest BCUT2D eigenvalue weighted by Gasteiger charge is 2.36. The fourth-order valence-electron chi connectivity index (χ4n) is 8.05. The fraction of sp³-hybridized carbons (Fsp3) is 0.458. The first-order valence-corrected chi connectivity index (χ1v) is 24.3. The van der Waals surface area contributed by atoms with E-state index in [0.29, 0.717) is 11.1 Å². The molecule has 4 rings (SSSR count). The second-order valence-corrected chi connectivity index (χ2v) is 17.8. The number of hydrogen-bond acceptors (Lipinski definition) is 12. The minimum absolute atomic E-state index is 0.0100. The largest absolute Gasteiger partial charge is 0.480 e. The molecule has 1 aromatic heterocycles. The average molecular weight is 1050 g/mol. The lowest BCUT2D eigenvalue weighted by Crippen LogP contribution is -2.61. The van der Waals surface area contributed by atoms with Gasteiger partial charge in [0, 0.05) is 56.5 Å². The molecule has 7 atom stereocenters. The molecule has 27 heteroatoms. The number of aromatic amines is 1. The van der Waals surface area contributed by atoms with Crippen LogP contribution < -0.4 is 71.2 Å². The molecule has 1 fully saturated rings. The molecule has 9 amide bonds. The van der Waals surface area contributed by atoms with Crippen molar-refractivity contribution in [3.63, 3.8) is 0 Å². The van der Waals surface area contributed by atoms with Crippen molar-refractivity contribution in [2.24, 2.45) is 38.7 Å². The molecule has 0 radical (unpaired) electrons. The standard InChI is InChI=1S/C48H68N16O11/c1-26(65)58-31(16-9-19-55-47(50)51)40(68)64-37-24-39(67)54-18-8-7-15-33(46(74)75)60-43(71)35(22-28-25-57-30-14-6-5-13-29(28)30)62-41(69)32(17-10-20-56-48(52)53)59-42(70)34(21-27-11-3-2-4-12-27)61-44(72)36(23-38(49)66)63-45(37)73/h2-6,11-14,25,31-37,57H,7-10,15-24H2,1H3,(H2,49,66)(H,54,67)(H,58,65)(H,59,70)(H,60,71)(H,61,72)(H,62,69)(H,63,73)(H,64,68)(H,74,75)(H4,50,51,55)(H4,52,53,56)/t31-,32?,33-,34+,35-,36-,37-/m0/s1. The van der Waals surface area contributed by atoms with Crippen LogP contribution in [0.5, 0.6) is 0 Å². The van der Waals surface area contributed by atoms with Crippen molar-refractivity contribution < 1.29 is 53.1 Å². The van der Waals surface area contributed by atoms with Crippen LogP contribution in [-0.4, -0.2) is 143 Å². The molecule has 20 N–H and O–H groups in total. The van der Waals surface area contributed by atoms with Crippen molar-refractivity contribution in [1.82, 2.24) is 47.5 Å². The number of nitrogens with two attached hydrogens (primary N) is 5. The van der Waals surface area contributed by atoms with Gasteiger partial charge in [-0.2, -0.15) is 0 Å². The molecule has 1 saturated heterocycles. The summed E-state index contributed by atoms with van der Waals surface area (Å²) in [4.78, 5) is 147. The number of fused-ring (bicyclic) bond motifs is 1. The number of hydrogen-bond donors (Lipinski definition) is 15. The molecular formula is C48H68N16O11. The van der Waals surface area contributed by atoms with Crippen molar-refractivity contribution >= 4 is 82.0 Å². The van der Waals surface area contributed by atoms with Gasteiger partial charge in [0.05, 0.1) is 12.8 Å². The Morgan fingerprint density at radius 1 is 0.707 bits per heavy atom. The van der Waals surface area contributed by atoms with Crippen molar-refractivity contribution in [2.45, 2.75) is 120 Å². The fourth-order valence-corrected chi connectivity index (χ4v) is 8.05.